The largest absolute Gasteiger partial charge is 0.481 e. The maximum absolute atomic E-state index is 11.5. The number of nitrogens with one attached hydrogen (secondary N) is 2. The summed E-state index contributed by atoms with van der Waals surface area (Å²) in [6.07, 6.45) is 2.43. The molecular weight excluding hydrogens is 268 g/mol. The number of carboxylic acid groups (broad SMARTS) is 1. The molecule has 0 saturated carbocycles. The highest BCUT2D eigenvalue weighted by Crippen LogP contribution is 2.36. The van der Waals surface area contributed by atoms with Crippen LogP contribution in [-0.4, -0.2) is 40.1 Å². The fourth-order valence-electron chi connectivity index (χ4n) is 1.88. The van der Waals surface area contributed by atoms with E-state index in [0.717, 1.165) is 18.6 Å². The number of imide groups is 1. The summed E-state index contributed by atoms with van der Waals surface area (Å²) in [7, 11) is 0. The fourth-order valence-corrected chi connectivity index (χ4v) is 3.12. The van der Waals surface area contributed by atoms with Crippen LogP contribution in [0.2, 0.25) is 0 Å². The molecule has 0 radical (unpaired) electrons. The number of aliphatic carboxylic acids is 1. The lowest BCUT2D eigenvalue weighted by molar-refractivity contribution is -0.137. The Labute approximate surface area is 116 Å². The van der Waals surface area contributed by atoms with E-state index in [1.54, 1.807) is 0 Å². The Hall–Kier alpha value is -1.24. The fraction of sp³-hybridized carbons (Fsp3) is 0.750. The minimum absolute atomic E-state index is 0.0474. The van der Waals surface area contributed by atoms with Gasteiger partial charge in [0.15, 0.2) is 0 Å². The molecule has 3 N–H and O–H groups in total. The number of urea groups is 1. The molecule has 0 spiro atoms. The summed E-state index contributed by atoms with van der Waals surface area (Å²) in [5, 5.41) is 13.3. The van der Waals surface area contributed by atoms with Crippen molar-refractivity contribution in [1.29, 1.82) is 0 Å². The second kappa shape index (κ2) is 7.37. The Balaban J connectivity index is 2.16. The zero-order chi connectivity index (χ0) is 14.3. The molecule has 0 aliphatic carbocycles. The Bertz CT molecular complexity index is 354. The molecule has 19 heavy (non-hydrogen) atoms. The highest BCUT2D eigenvalue weighted by atomic mass is 32.2. The molecule has 1 fully saturated rings. The standard InChI is InChI=1S/C12H20N2O4S/c1-12(6-3-7-19-12)8-13-11(18)14-9(15)4-2-5-10(16)17/h2-8H2,1H3,(H,16,17)(H2,13,14,15,18). The minimum atomic E-state index is -0.941. The average molecular weight is 288 g/mol. The smallest absolute Gasteiger partial charge is 0.321 e. The Kier molecular flexibility index (Phi) is 6.14. The van der Waals surface area contributed by atoms with E-state index in [1.165, 1.54) is 0 Å². The third kappa shape index (κ3) is 6.47. The highest BCUT2D eigenvalue weighted by Gasteiger charge is 2.29. The number of carbonyl (C=O) groups excluding carboxylic acids is 2. The summed E-state index contributed by atoms with van der Waals surface area (Å²) in [6, 6.07) is -0.506. The van der Waals surface area contributed by atoms with Crippen LogP contribution in [0.25, 0.3) is 0 Å². The molecule has 1 aliphatic rings. The Morgan fingerprint density at radius 2 is 2.05 bits per heavy atom. The van der Waals surface area contributed by atoms with Gasteiger partial charge in [-0.2, -0.15) is 11.8 Å². The van der Waals surface area contributed by atoms with E-state index in [0.29, 0.717) is 6.54 Å². The van der Waals surface area contributed by atoms with Crippen LogP contribution in [0.15, 0.2) is 0 Å². The third-order valence-electron chi connectivity index (χ3n) is 2.97. The Morgan fingerprint density at radius 3 is 2.63 bits per heavy atom. The summed E-state index contributed by atoms with van der Waals surface area (Å²) in [4.78, 5) is 33.1. The van der Waals surface area contributed by atoms with Crippen molar-refractivity contribution in [2.24, 2.45) is 0 Å². The highest BCUT2D eigenvalue weighted by molar-refractivity contribution is 8.00. The second-order valence-electron chi connectivity index (χ2n) is 4.88. The molecule has 0 bridgehead atoms. The van der Waals surface area contributed by atoms with Crippen molar-refractivity contribution in [3.05, 3.63) is 0 Å². The summed E-state index contributed by atoms with van der Waals surface area (Å²) in [6.45, 7) is 2.63. The van der Waals surface area contributed by atoms with Crippen LogP contribution in [0.3, 0.4) is 0 Å². The van der Waals surface area contributed by atoms with Gasteiger partial charge in [-0.15, -0.1) is 0 Å². The molecule has 3 amide bonds. The van der Waals surface area contributed by atoms with Crippen LogP contribution in [0.1, 0.15) is 39.0 Å². The molecule has 7 heteroatoms. The maximum atomic E-state index is 11.5. The van der Waals surface area contributed by atoms with E-state index < -0.39 is 17.9 Å². The van der Waals surface area contributed by atoms with E-state index in [9.17, 15) is 14.4 Å². The van der Waals surface area contributed by atoms with Crippen LogP contribution in [0, 0.1) is 0 Å². The van der Waals surface area contributed by atoms with Crippen molar-refractivity contribution in [3.63, 3.8) is 0 Å². The molecule has 0 aromatic heterocycles. The van der Waals surface area contributed by atoms with Crippen LogP contribution < -0.4 is 10.6 Å². The molecule has 6 nitrogen and oxygen atoms in total. The van der Waals surface area contributed by atoms with Crippen molar-refractivity contribution in [2.75, 3.05) is 12.3 Å². The number of thioether (sulfide) groups is 1. The zero-order valence-electron chi connectivity index (χ0n) is 11.0. The first-order chi connectivity index (χ1) is 8.91. The van der Waals surface area contributed by atoms with Gasteiger partial charge in [-0.1, -0.05) is 0 Å². The number of hydrogen-bond donors (Lipinski definition) is 3. The second-order valence-corrected chi connectivity index (χ2v) is 6.56. The summed E-state index contributed by atoms with van der Waals surface area (Å²) < 4.78 is 0.0592. The van der Waals surface area contributed by atoms with Gasteiger partial charge >= 0.3 is 12.0 Å². The lowest BCUT2D eigenvalue weighted by Gasteiger charge is -2.22. The van der Waals surface area contributed by atoms with E-state index >= 15 is 0 Å². The first-order valence-electron chi connectivity index (χ1n) is 6.35. The lowest BCUT2D eigenvalue weighted by atomic mass is 10.1. The van der Waals surface area contributed by atoms with Gasteiger partial charge in [0.25, 0.3) is 0 Å². The summed E-state index contributed by atoms with van der Waals surface area (Å²) in [5.74, 6) is -0.278. The lowest BCUT2D eigenvalue weighted by Crippen LogP contribution is -2.44. The third-order valence-corrected chi connectivity index (χ3v) is 4.51. The molecule has 1 aliphatic heterocycles. The first kappa shape index (κ1) is 15.8. The Morgan fingerprint density at radius 1 is 1.32 bits per heavy atom. The van der Waals surface area contributed by atoms with Gasteiger partial charge in [-0.05, 0) is 31.9 Å². The summed E-state index contributed by atoms with van der Waals surface area (Å²) in [5.41, 5.74) is 0. The quantitative estimate of drug-likeness (QED) is 0.685. The van der Waals surface area contributed by atoms with Crippen LogP contribution in [0.5, 0.6) is 0 Å². The number of carbonyl (C=O) groups is 3. The first-order valence-corrected chi connectivity index (χ1v) is 7.33. The zero-order valence-corrected chi connectivity index (χ0v) is 11.8. The maximum Gasteiger partial charge on any atom is 0.321 e. The van der Waals surface area contributed by atoms with Crippen LogP contribution >= 0.6 is 11.8 Å². The van der Waals surface area contributed by atoms with Gasteiger partial charge in [0.05, 0.1) is 0 Å². The number of rotatable bonds is 6. The van der Waals surface area contributed by atoms with E-state index in [1.807, 2.05) is 11.8 Å². The molecule has 0 aromatic rings. The van der Waals surface area contributed by atoms with Crippen molar-refractivity contribution in [2.45, 2.75) is 43.8 Å². The minimum Gasteiger partial charge on any atom is -0.481 e. The van der Waals surface area contributed by atoms with Crippen molar-refractivity contribution < 1.29 is 19.5 Å². The molecule has 1 heterocycles. The average Bonchev–Trinajstić information content (AvgIpc) is 2.74. The number of carboxylic acids is 1. The number of amides is 3. The molecule has 1 unspecified atom stereocenters. The molecule has 1 saturated heterocycles. The molecular formula is C12H20N2O4S. The topological polar surface area (TPSA) is 95.5 Å². The van der Waals surface area contributed by atoms with Crippen LogP contribution in [-0.2, 0) is 9.59 Å². The normalized spacial score (nSPS) is 21.9. The van der Waals surface area contributed by atoms with Gasteiger partial charge in [-0.3, -0.25) is 14.9 Å². The SMILES string of the molecule is CC1(CNC(=O)NC(=O)CCCC(=O)O)CCCS1. The predicted molar refractivity (Wildman–Crippen MR) is 73.1 cm³/mol. The van der Waals surface area contributed by atoms with Gasteiger partial charge in [0, 0.05) is 24.1 Å². The van der Waals surface area contributed by atoms with Gasteiger partial charge < -0.3 is 10.4 Å². The van der Waals surface area contributed by atoms with Gasteiger partial charge in [0.2, 0.25) is 5.91 Å². The van der Waals surface area contributed by atoms with Gasteiger partial charge in [0.1, 0.15) is 0 Å². The molecule has 108 valence electrons. The molecule has 1 rings (SSSR count). The predicted octanol–water partition coefficient (Wildman–Crippen LogP) is 1.35. The number of hydrogen-bond acceptors (Lipinski definition) is 4. The van der Waals surface area contributed by atoms with Gasteiger partial charge in [-0.25, -0.2) is 4.79 Å². The molecule has 0 aromatic carbocycles. The molecule has 1 atom stereocenters. The monoisotopic (exact) mass is 288 g/mol. The summed E-state index contributed by atoms with van der Waals surface area (Å²) >= 11 is 1.83. The van der Waals surface area contributed by atoms with Crippen LogP contribution in [0.4, 0.5) is 4.79 Å². The van der Waals surface area contributed by atoms with Crippen molar-refractivity contribution >= 4 is 29.7 Å². The van der Waals surface area contributed by atoms with Crippen molar-refractivity contribution in [3.8, 4) is 0 Å². The van der Waals surface area contributed by atoms with E-state index in [2.05, 4.69) is 17.6 Å². The van der Waals surface area contributed by atoms with E-state index in [4.69, 9.17) is 5.11 Å². The van der Waals surface area contributed by atoms with Crippen molar-refractivity contribution in [1.82, 2.24) is 10.6 Å². The van der Waals surface area contributed by atoms with E-state index in [-0.39, 0.29) is 24.0 Å².